The number of hydrogen-bond acceptors (Lipinski definition) is 3. The molecule has 1 aromatic carbocycles. The van der Waals surface area contributed by atoms with E-state index in [-0.39, 0.29) is 6.09 Å². The van der Waals surface area contributed by atoms with E-state index in [2.05, 4.69) is 38.1 Å². The van der Waals surface area contributed by atoms with Crippen LogP contribution in [0.15, 0.2) is 12.1 Å². The van der Waals surface area contributed by atoms with Gasteiger partial charge in [0, 0.05) is 32.9 Å². The van der Waals surface area contributed by atoms with Crippen molar-refractivity contribution in [3.05, 3.63) is 28.8 Å². The Hall–Kier alpha value is -1.71. The minimum Gasteiger partial charge on any atom is -0.444 e. The second-order valence-electron chi connectivity index (χ2n) is 6.95. The van der Waals surface area contributed by atoms with Crippen molar-refractivity contribution < 1.29 is 9.53 Å². The Morgan fingerprint density at radius 3 is 2.48 bits per heavy atom. The van der Waals surface area contributed by atoms with Crippen LogP contribution in [0.25, 0.3) is 0 Å². The first kappa shape index (κ1) is 15.7. The number of carbonyl (C=O) groups excluding carboxylic acids is 1. The van der Waals surface area contributed by atoms with Gasteiger partial charge in [0.15, 0.2) is 0 Å². The highest BCUT2D eigenvalue weighted by Gasteiger charge is 2.26. The Balaban J connectivity index is 2.18. The third-order valence-corrected chi connectivity index (χ3v) is 3.66. The van der Waals surface area contributed by atoms with E-state index in [1.54, 1.807) is 4.90 Å². The van der Waals surface area contributed by atoms with Crippen molar-refractivity contribution in [2.45, 2.75) is 46.3 Å². The molecule has 0 N–H and O–H groups in total. The number of aryl methyl sites for hydroxylation is 1. The van der Waals surface area contributed by atoms with Gasteiger partial charge in [-0.2, -0.15) is 0 Å². The summed E-state index contributed by atoms with van der Waals surface area (Å²) in [5, 5.41) is 0. The molecule has 21 heavy (non-hydrogen) atoms. The third kappa shape index (κ3) is 3.69. The van der Waals surface area contributed by atoms with Crippen LogP contribution in [-0.2, 0) is 17.7 Å². The van der Waals surface area contributed by atoms with Crippen molar-refractivity contribution >= 4 is 11.8 Å². The lowest BCUT2D eigenvalue weighted by Gasteiger charge is -2.32. The molecule has 0 saturated carbocycles. The molecule has 0 atom stereocenters. The van der Waals surface area contributed by atoms with Crippen LogP contribution in [0, 0.1) is 6.92 Å². The van der Waals surface area contributed by atoms with E-state index in [1.807, 2.05) is 20.8 Å². The molecule has 0 aliphatic carbocycles. The van der Waals surface area contributed by atoms with Crippen molar-refractivity contribution in [2.75, 3.05) is 25.5 Å². The molecule has 0 aromatic heterocycles. The summed E-state index contributed by atoms with van der Waals surface area (Å²) in [5.41, 5.74) is 4.62. The zero-order chi connectivity index (χ0) is 15.8. The highest BCUT2D eigenvalue weighted by atomic mass is 16.6. The molecule has 1 amide bonds. The number of carbonyl (C=O) groups is 1. The lowest BCUT2D eigenvalue weighted by atomic mass is 9.96. The third-order valence-electron chi connectivity index (χ3n) is 3.66. The van der Waals surface area contributed by atoms with Gasteiger partial charge in [0.25, 0.3) is 0 Å². The van der Waals surface area contributed by atoms with E-state index < -0.39 is 5.60 Å². The average molecular weight is 290 g/mol. The van der Waals surface area contributed by atoms with E-state index in [1.165, 1.54) is 22.4 Å². The first-order valence-corrected chi connectivity index (χ1v) is 7.45. The highest BCUT2D eigenvalue weighted by molar-refractivity contribution is 5.69. The van der Waals surface area contributed by atoms with Crippen LogP contribution in [-0.4, -0.2) is 37.2 Å². The van der Waals surface area contributed by atoms with Crippen molar-refractivity contribution in [1.82, 2.24) is 4.90 Å². The predicted molar refractivity (Wildman–Crippen MR) is 85.9 cm³/mol. The molecule has 0 spiro atoms. The number of hydrogen-bond donors (Lipinski definition) is 0. The van der Waals surface area contributed by atoms with E-state index in [9.17, 15) is 4.79 Å². The van der Waals surface area contributed by atoms with Crippen LogP contribution in [0.4, 0.5) is 10.5 Å². The largest absolute Gasteiger partial charge is 0.444 e. The molecule has 0 unspecified atom stereocenters. The Kier molecular flexibility index (Phi) is 4.17. The Bertz CT molecular complexity index is 544. The van der Waals surface area contributed by atoms with Crippen LogP contribution in [0.5, 0.6) is 0 Å². The summed E-state index contributed by atoms with van der Waals surface area (Å²) < 4.78 is 5.46. The Labute approximate surface area is 127 Å². The maximum absolute atomic E-state index is 12.2. The molecule has 0 saturated heterocycles. The zero-order valence-electron chi connectivity index (χ0n) is 14.0. The summed E-state index contributed by atoms with van der Waals surface area (Å²) in [7, 11) is 4.12. The van der Waals surface area contributed by atoms with E-state index >= 15 is 0 Å². The number of nitrogens with zero attached hydrogens (tertiary/aromatic N) is 2. The first-order valence-electron chi connectivity index (χ1n) is 7.45. The van der Waals surface area contributed by atoms with Gasteiger partial charge in [-0.25, -0.2) is 4.79 Å². The smallest absolute Gasteiger partial charge is 0.410 e. The van der Waals surface area contributed by atoms with Gasteiger partial charge >= 0.3 is 6.09 Å². The standard InChI is InChI=1S/C17H26N2O2/c1-12-9-14-11-19(16(20)21-17(2,3)4)8-7-13(14)10-15(12)18(5)6/h9-10H,7-8,11H2,1-6H3. The maximum atomic E-state index is 12.2. The maximum Gasteiger partial charge on any atom is 0.410 e. The van der Waals surface area contributed by atoms with Gasteiger partial charge in [0.2, 0.25) is 0 Å². The topological polar surface area (TPSA) is 32.8 Å². The number of ether oxygens (including phenoxy) is 1. The minimum atomic E-state index is -0.442. The molecule has 1 aliphatic rings. The molecule has 1 aliphatic heterocycles. The summed E-state index contributed by atoms with van der Waals surface area (Å²) in [6, 6.07) is 4.44. The van der Waals surface area contributed by atoms with E-state index in [0.717, 1.165) is 13.0 Å². The van der Waals surface area contributed by atoms with Crippen LogP contribution >= 0.6 is 0 Å². The molecule has 1 heterocycles. The van der Waals surface area contributed by atoms with Gasteiger partial charge in [-0.3, -0.25) is 0 Å². The van der Waals surface area contributed by atoms with Crippen molar-refractivity contribution in [2.24, 2.45) is 0 Å². The number of anilines is 1. The fourth-order valence-electron chi connectivity index (χ4n) is 2.68. The van der Waals surface area contributed by atoms with Gasteiger partial charge < -0.3 is 14.5 Å². The van der Waals surface area contributed by atoms with Crippen LogP contribution in [0.3, 0.4) is 0 Å². The predicted octanol–water partition coefficient (Wildman–Crippen LogP) is 3.35. The zero-order valence-corrected chi connectivity index (χ0v) is 14.0. The van der Waals surface area contributed by atoms with E-state index in [4.69, 9.17) is 4.74 Å². The van der Waals surface area contributed by atoms with Gasteiger partial charge in [-0.15, -0.1) is 0 Å². The summed E-state index contributed by atoms with van der Waals surface area (Å²) >= 11 is 0. The van der Waals surface area contributed by atoms with Crippen LogP contribution in [0.2, 0.25) is 0 Å². The normalized spacial score (nSPS) is 14.7. The van der Waals surface area contributed by atoms with Crippen molar-refractivity contribution in [3.63, 3.8) is 0 Å². The average Bonchev–Trinajstić information content (AvgIpc) is 2.34. The molecule has 116 valence electrons. The van der Waals surface area contributed by atoms with Gasteiger partial charge in [-0.1, -0.05) is 6.07 Å². The fourth-order valence-corrected chi connectivity index (χ4v) is 2.68. The number of fused-ring (bicyclic) bond motifs is 1. The molecule has 1 aromatic rings. The van der Waals surface area contributed by atoms with Crippen molar-refractivity contribution in [1.29, 1.82) is 0 Å². The molecule has 4 heteroatoms. The number of rotatable bonds is 1. The van der Waals surface area contributed by atoms with Gasteiger partial charge in [0.05, 0.1) is 0 Å². The SMILES string of the molecule is Cc1cc2c(cc1N(C)C)CCN(C(=O)OC(C)(C)C)C2. The molecule has 4 nitrogen and oxygen atoms in total. The van der Waals surface area contributed by atoms with Crippen molar-refractivity contribution in [3.8, 4) is 0 Å². The molecular weight excluding hydrogens is 264 g/mol. The van der Waals surface area contributed by atoms with Gasteiger partial charge in [0.1, 0.15) is 5.60 Å². The molecule has 2 rings (SSSR count). The van der Waals surface area contributed by atoms with Crippen LogP contribution < -0.4 is 4.90 Å². The quantitative estimate of drug-likeness (QED) is 0.795. The molecule has 0 fully saturated rings. The first-order chi connectivity index (χ1) is 9.67. The Morgan fingerprint density at radius 2 is 1.90 bits per heavy atom. The number of amides is 1. The summed E-state index contributed by atoms with van der Waals surface area (Å²) in [4.78, 5) is 16.1. The Morgan fingerprint density at radius 1 is 1.24 bits per heavy atom. The second-order valence-corrected chi connectivity index (χ2v) is 6.95. The number of benzene rings is 1. The van der Waals surface area contributed by atoms with E-state index in [0.29, 0.717) is 6.54 Å². The highest BCUT2D eigenvalue weighted by Crippen LogP contribution is 2.28. The van der Waals surface area contributed by atoms with Gasteiger partial charge in [-0.05, 0) is 56.9 Å². The molecule has 0 radical (unpaired) electrons. The molecule has 0 bridgehead atoms. The second kappa shape index (κ2) is 5.58. The lowest BCUT2D eigenvalue weighted by molar-refractivity contribution is 0.0224. The summed E-state index contributed by atoms with van der Waals surface area (Å²) in [5.74, 6) is 0. The molecular formula is C17H26N2O2. The van der Waals surface area contributed by atoms with Crippen LogP contribution in [0.1, 0.15) is 37.5 Å². The monoisotopic (exact) mass is 290 g/mol. The lowest BCUT2D eigenvalue weighted by Crippen LogP contribution is -2.40. The summed E-state index contributed by atoms with van der Waals surface area (Å²) in [6.45, 7) is 9.17. The summed E-state index contributed by atoms with van der Waals surface area (Å²) in [6.07, 6.45) is 0.665. The fraction of sp³-hybridized carbons (Fsp3) is 0.588. The minimum absolute atomic E-state index is 0.220.